The van der Waals surface area contributed by atoms with Gasteiger partial charge in [0.1, 0.15) is 0 Å². The number of nitrogen functional groups attached to an aromatic ring is 1. The van der Waals surface area contributed by atoms with Gasteiger partial charge in [-0.3, -0.25) is 4.79 Å². The average Bonchev–Trinajstić information content (AvgIpc) is 3.64. The number of rotatable bonds is 8. The van der Waals surface area contributed by atoms with E-state index < -0.39 is 27.9 Å². The quantitative estimate of drug-likeness (QED) is 0.403. The fourth-order valence-corrected chi connectivity index (χ4v) is 6.80. The molecule has 2 fully saturated rings. The SMILES string of the molecule is CC(C)(C)c1cccc(CN[C@H]2CS(=O)(=O)C[C@@H](Cc3ccc(N)c(C(=O)NCC4CC4)c3)[C@@H]2O)c1. The van der Waals surface area contributed by atoms with Crippen molar-refractivity contribution in [1.29, 1.82) is 0 Å². The molecule has 1 aliphatic carbocycles. The van der Waals surface area contributed by atoms with Crippen LogP contribution in [0.3, 0.4) is 0 Å². The molecule has 3 atom stereocenters. The summed E-state index contributed by atoms with van der Waals surface area (Å²) < 4.78 is 25.5. The Morgan fingerprint density at radius 2 is 1.83 bits per heavy atom. The minimum atomic E-state index is -3.34. The number of hydrogen-bond donors (Lipinski definition) is 4. The van der Waals surface area contributed by atoms with Gasteiger partial charge in [0.25, 0.3) is 5.91 Å². The van der Waals surface area contributed by atoms with Crippen molar-refractivity contribution in [3.05, 3.63) is 64.7 Å². The summed E-state index contributed by atoms with van der Waals surface area (Å²) in [6.45, 7) is 7.58. The number of nitrogens with one attached hydrogen (secondary N) is 2. The van der Waals surface area contributed by atoms with Gasteiger partial charge in [-0.25, -0.2) is 8.42 Å². The van der Waals surface area contributed by atoms with E-state index in [1.54, 1.807) is 18.2 Å². The Morgan fingerprint density at radius 3 is 2.53 bits per heavy atom. The molecule has 1 heterocycles. The maximum absolute atomic E-state index is 12.8. The zero-order valence-electron chi connectivity index (χ0n) is 21.5. The highest BCUT2D eigenvalue weighted by atomic mass is 32.2. The van der Waals surface area contributed by atoms with Crippen LogP contribution < -0.4 is 16.4 Å². The van der Waals surface area contributed by atoms with Crippen molar-refractivity contribution in [1.82, 2.24) is 10.6 Å². The summed E-state index contributed by atoms with van der Waals surface area (Å²) in [4.78, 5) is 12.6. The molecule has 2 aliphatic rings. The summed E-state index contributed by atoms with van der Waals surface area (Å²) in [7, 11) is -3.34. The number of carbonyl (C=O) groups is 1. The van der Waals surface area contributed by atoms with Crippen molar-refractivity contribution < 1.29 is 18.3 Å². The molecule has 1 saturated heterocycles. The molecule has 2 aromatic rings. The van der Waals surface area contributed by atoms with Crippen LogP contribution in [0.4, 0.5) is 5.69 Å². The second-order valence-electron chi connectivity index (χ2n) is 11.5. The molecule has 0 radical (unpaired) electrons. The molecule has 0 bridgehead atoms. The lowest BCUT2D eigenvalue weighted by atomic mass is 9.86. The summed E-state index contributed by atoms with van der Waals surface area (Å²) in [5.41, 5.74) is 9.90. The first kappa shape index (κ1) is 26.6. The first-order chi connectivity index (χ1) is 16.9. The van der Waals surface area contributed by atoms with Gasteiger partial charge in [-0.15, -0.1) is 0 Å². The zero-order valence-corrected chi connectivity index (χ0v) is 22.3. The van der Waals surface area contributed by atoms with Crippen LogP contribution in [0.1, 0.15) is 60.7 Å². The fourth-order valence-electron chi connectivity index (χ4n) is 4.83. The molecular weight excluding hydrogens is 474 g/mol. The number of aliphatic hydroxyl groups excluding tert-OH is 1. The molecule has 4 rings (SSSR count). The van der Waals surface area contributed by atoms with E-state index in [0.29, 0.717) is 36.7 Å². The third kappa shape index (κ3) is 6.87. The summed E-state index contributed by atoms with van der Waals surface area (Å²) in [5, 5.41) is 17.4. The largest absolute Gasteiger partial charge is 0.398 e. The molecule has 196 valence electrons. The van der Waals surface area contributed by atoms with Crippen molar-refractivity contribution in [2.75, 3.05) is 23.8 Å². The van der Waals surface area contributed by atoms with E-state index >= 15 is 0 Å². The molecule has 7 nitrogen and oxygen atoms in total. The zero-order chi connectivity index (χ0) is 26.1. The van der Waals surface area contributed by atoms with Gasteiger partial charge in [0.2, 0.25) is 0 Å². The Kier molecular flexibility index (Phi) is 7.78. The van der Waals surface area contributed by atoms with Gasteiger partial charge in [0.15, 0.2) is 9.84 Å². The van der Waals surface area contributed by atoms with E-state index in [2.05, 4.69) is 43.5 Å². The lowest BCUT2D eigenvalue weighted by Gasteiger charge is -2.35. The number of anilines is 1. The molecular formula is C28H39N3O4S. The molecule has 1 aliphatic heterocycles. The monoisotopic (exact) mass is 513 g/mol. The van der Waals surface area contributed by atoms with E-state index in [1.807, 2.05) is 12.1 Å². The minimum Gasteiger partial charge on any atom is -0.398 e. The number of carbonyl (C=O) groups excluding carboxylic acids is 1. The fraction of sp³-hybridized carbons (Fsp3) is 0.536. The van der Waals surface area contributed by atoms with Crippen molar-refractivity contribution in [3.8, 4) is 0 Å². The number of sulfone groups is 1. The summed E-state index contributed by atoms with van der Waals surface area (Å²) >= 11 is 0. The van der Waals surface area contributed by atoms with Crippen LogP contribution in [0.2, 0.25) is 0 Å². The first-order valence-corrected chi connectivity index (χ1v) is 14.6. The van der Waals surface area contributed by atoms with E-state index in [-0.39, 0.29) is 22.8 Å². The Labute approximate surface area is 214 Å². The number of aliphatic hydroxyl groups is 1. The van der Waals surface area contributed by atoms with Crippen LogP contribution >= 0.6 is 0 Å². The van der Waals surface area contributed by atoms with E-state index in [1.165, 1.54) is 5.56 Å². The molecule has 0 spiro atoms. The maximum atomic E-state index is 12.8. The molecule has 0 unspecified atom stereocenters. The van der Waals surface area contributed by atoms with Crippen LogP contribution in [0.25, 0.3) is 0 Å². The van der Waals surface area contributed by atoms with E-state index in [9.17, 15) is 18.3 Å². The average molecular weight is 514 g/mol. The van der Waals surface area contributed by atoms with Crippen LogP contribution in [-0.2, 0) is 28.2 Å². The highest BCUT2D eigenvalue weighted by Gasteiger charge is 2.39. The van der Waals surface area contributed by atoms with Gasteiger partial charge in [0, 0.05) is 30.7 Å². The van der Waals surface area contributed by atoms with E-state index in [4.69, 9.17) is 5.73 Å². The van der Waals surface area contributed by atoms with Crippen molar-refractivity contribution in [3.63, 3.8) is 0 Å². The Balaban J connectivity index is 1.44. The van der Waals surface area contributed by atoms with Crippen LogP contribution in [-0.4, -0.2) is 49.6 Å². The number of benzene rings is 2. The van der Waals surface area contributed by atoms with E-state index in [0.717, 1.165) is 24.0 Å². The predicted octanol–water partition coefficient (Wildman–Crippen LogP) is 2.81. The van der Waals surface area contributed by atoms with Crippen LogP contribution in [0, 0.1) is 11.8 Å². The second kappa shape index (κ2) is 10.5. The standard InChI is InChI=1S/C28H39N3O4S/c1-28(2,3)22-6-4-5-20(12-22)15-30-25-17-36(34,35)16-21(26(25)32)11-19-9-10-24(29)23(13-19)27(33)31-14-18-7-8-18/h4-6,9-10,12-13,18,21,25-26,30,32H,7-8,11,14-17,29H2,1-3H3,(H,31,33)/t21-,25+,26+/m1/s1. The molecule has 5 N–H and O–H groups in total. The normalized spacial score (nSPS) is 23.8. The lowest BCUT2D eigenvalue weighted by Crippen LogP contribution is -2.54. The smallest absolute Gasteiger partial charge is 0.253 e. The van der Waals surface area contributed by atoms with Gasteiger partial charge in [-0.2, -0.15) is 0 Å². The number of nitrogens with two attached hydrogens (primary N) is 1. The van der Waals surface area contributed by atoms with Crippen LogP contribution in [0.5, 0.6) is 0 Å². The van der Waals surface area contributed by atoms with Crippen LogP contribution in [0.15, 0.2) is 42.5 Å². The Hall–Kier alpha value is -2.42. The van der Waals surface area contributed by atoms with Gasteiger partial charge >= 0.3 is 0 Å². The lowest BCUT2D eigenvalue weighted by molar-refractivity contribution is 0.0781. The molecule has 1 saturated carbocycles. The topological polar surface area (TPSA) is 122 Å². The first-order valence-electron chi connectivity index (χ1n) is 12.8. The Bertz CT molecular complexity index is 1200. The van der Waals surface area contributed by atoms with Gasteiger partial charge < -0.3 is 21.5 Å². The number of hydrogen-bond acceptors (Lipinski definition) is 6. The predicted molar refractivity (Wildman–Crippen MR) is 144 cm³/mol. The number of amides is 1. The minimum absolute atomic E-state index is 0.0154. The molecule has 36 heavy (non-hydrogen) atoms. The molecule has 0 aromatic heterocycles. The van der Waals surface area contributed by atoms with Crippen molar-refractivity contribution in [2.24, 2.45) is 11.8 Å². The van der Waals surface area contributed by atoms with Gasteiger partial charge in [-0.1, -0.05) is 51.1 Å². The molecule has 2 aromatic carbocycles. The molecule has 1 amide bonds. The third-order valence-corrected chi connectivity index (χ3v) is 9.07. The highest BCUT2D eigenvalue weighted by Crippen LogP contribution is 2.29. The summed E-state index contributed by atoms with van der Waals surface area (Å²) in [6, 6.07) is 12.9. The van der Waals surface area contributed by atoms with Crippen molar-refractivity contribution >= 4 is 21.4 Å². The van der Waals surface area contributed by atoms with Gasteiger partial charge in [0.05, 0.1) is 23.2 Å². The second-order valence-corrected chi connectivity index (χ2v) is 13.7. The summed E-state index contributed by atoms with van der Waals surface area (Å²) in [6.07, 6.45) is 1.80. The Morgan fingerprint density at radius 1 is 1.08 bits per heavy atom. The highest BCUT2D eigenvalue weighted by molar-refractivity contribution is 7.91. The molecule has 8 heteroatoms. The van der Waals surface area contributed by atoms with Gasteiger partial charge in [-0.05, 0) is 59.4 Å². The van der Waals surface area contributed by atoms with Crippen molar-refractivity contribution in [2.45, 2.75) is 64.1 Å². The summed E-state index contributed by atoms with van der Waals surface area (Å²) in [5.74, 6) is -0.316. The maximum Gasteiger partial charge on any atom is 0.253 e. The third-order valence-electron chi connectivity index (χ3n) is 7.27.